The zero-order valence-corrected chi connectivity index (χ0v) is 11.8. The molecule has 1 heterocycles. The molecule has 6 heteroatoms. The monoisotopic (exact) mass is 278 g/mol. The summed E-state index contributed by atoms with van der Waals surface area (Å²) in [6.45, 7) is 4.68. The van der Waals surface area contributed by atoms with Crippen LogP contribution in [0, 0.1) is 0 Å². The van der Waals surface area contributed by atoms with Gasteiger partial charge in [0.15, 0.2) is 0 Å². The molecule has 1 saturated heterocycles. The number of hydrogen-bond acceptors (Lipinski definition) is 5. The van der Waals surface area contributed by atoms with Gasteiger partial charge in [0.25, 0.3) is 0 Å². The molecule has 1 aliphatic rings. The topological polar surface area (TPSA) is 74.3 Å². The van der Waals surface area contributed by atoms with E-state index in [4.69, 9.17) is 15.7 Å². The lowest BCUT2D eigenvalue weighted by molar-refractivity contribution is 0.261. The van der Waals surface area contributed by atoms with Gasteiger partial charge in [-0.25, -0.2) is 0 Å². The zero-order chi connectivity index (χ0) is 14.4. The minimum Gasteiger partial charge on any atom is -0.495 e. The minimum atomic E-state index is 0.289. The number of nitrogens with zero attached hydrogens (tertiary/aromatic N) is 3. The van der Waals surface area contributed by atoms with Crippen molar-refractivity contribution in [3.63, 3.8) is 0 Å². The Morgan fingerprint density at radius 3 is 2.65 bits per heavy atom. The Hall–Kier alpha value is -1.95. The molecule has 0 aliphatic carbocycles. The van der Waals surface area contributed by atoms with E-state index in [1.54, 1.807) is 7.11 Å². The summed E-state index contributed by atoms with van der Waals surface area (Å²) in [5.74, 6) is 1.20. The van der Waals surface area contributed by atoms with Crippen LogP contribution < -0.4 is 15.4 Å². The van der Waals surface area contributed by atoms with Crippen LogP contribution in [0.2, 0.25) is 0 Å². The second-order valence-electron chi connectivity index (χ2n) is 4.84. The maximum Gasteiger partial charge on any atom is 0.142 e. The number of methoxy groups -OCH3 is 1. The molecule has 1 aromatic carbocycles. The molecule has 0 amide bonds. The number of piperazine rings is 1. The van der Waals surface area contributed by atoms with E-state index in [9.17, 15) is 0 Å². The van der Waals surface area contributed by atoms with E-state index in [1.165, 1.54) is 0 Å². The normalized spacial score (nSPS) is 17.2. The van der Waals surface area contributed by atoms with Crippen molar-refractivity contribution in [1.82, 2.24) is 4.90 Å². The Bertz CT molecular complexity index is 456. The van der Waals surface area contributed by atoms with Gasteiger partial charge in [-0.2, -0.15) is 0 Å². The quantitative estimate of drug-likeness (QED) is 0.363. The maximum atomic E-state index is 8.53. The number of hydrogen-bond donors (Lipinski definition) is 2. The highest BCUT2D eigenvalue weighted by atomic mass is 16.5. The number of oxime groups is 1. The maximum absolute atomic E-state index is 8.53. The van der Waals surface area contributed by atoms with Crippen LogP contribution >= 0.6 is 0 Å². The molecule has 3 N–H and O–H groups in total. The van der Waals surface area contributed by atoms with Crippen LogP contribution in [0.15, 0.2) is 29.4 Å². The van der Waals surface area contributed by atoms with Crippen molar-refractivity contribution in [3.05, 3.63) is 24.3 Å². The molecule has 0 unspecified atom stereocenters. The molecule has 0 bridgehead atoms. The lowest BCUT2D eigenvalue weighted by Crippen LogP contribution is -2.47. The molecule has 1 aliphatic heterocycles. The SMILES string of the molecule is COc1ccccc1N1CCN(CC/C(N)=N/O)CC1. The first-order valence-corrected chi connectivity index (χ1v) is 6.81. The van der Waals surface area contributed by atoms with Crippen LogP contribution in [-0.2, 0) is 0 Å². The fraction of sp³-hybridized carbons (Fsp3) is 0.500. The van der Waals surface area contributed by atoms with E-state index in [2.05, 4.69) is 21.0 Å². The average molecular weight is 278 g/mol. The Morgan fingerprint density at radius 2 is 2.00 bits per heavy atom. The van der Waals surface area contributed by atoms with Crippen molar-refractivity contribution < 1.29 is 9.94 Å². The van der Waals surface area contributed by atoms with Crippen molar-refractivity contribution in [1.29, 1.82) is 0 Å². The molecule has 1 aromatic rings. The predicted molar refractivity (Wildman–Crippen MR) is 79.7 cm³/mol. The molecular weight excluding hydrogens is 256 g/mol. The lowest BCUT2D eigenvalue weighted by Gasteiger charge is -2.36. The Labute approximate surface area is 119 Å². The molecule has 1 fully saturated rings. The average Bonchev–Trinajstić information content (AvgIpc) is 2.53. The first kappa shape index (κ1) is 14.5. The summed E-state index contributed by atoms with van der Waals surface area (Å²) in [5.41, 5.74) is 6.64. The van der Waals surface area contributed by atoms with Gasteiger partial charge < -0.3 is 20.6 Å². The van der Waals surface area contributed by atoms with E-state index < -0.39 is 0 Å². The lowest BCUT2D eigenvalue weighted by atomic mass is 10.2. The van der Waals surface area contributed by atoms with Crippen LogP contribution in [0.25, 0.3) is 0 Å². The molecule has 0 radical (unpaired) electrons. The third-order valence-electron chi connectivity index (χ3n) is 3.61. The van der Waals surface area contributed by atoms with Gasteiger partial charge >= 0.3 is 0 Å². The number of anilines is 1. The van der Waals surface area contributed by atoms with Crippen molar-refractivity contribution >= 4 is 11.5 Å². The van der Waals surface area contributed by atoms with Crippen LogP contribution in [0.5, 0.6) is 5.75 Å². The molecule has 110 valence electrons. The third kappa shape index (κ3) is 3.54. The second-order valence-corrected chi connectivity index (χ2v) is 4.84. The molecule has 0 aromatic heterocycles. The van der Waals surface area contributed by atoms with Crippen LogP contribution in [0.3, 0.4) is 0 Å². The number of rotatable bonds is 5. The van der Waals surface area contributed by atoms with Gasteiger partial charge in [-0.1, -0.05) is 17.3 Å². The number of amidine groups is 1. The second kappa shape index (κ2) is 7.00. The number of benzene rings is 1. The van der Waals surface area contributed by atoms with Gasteiger partial charge in [0, 0.05) is 39.1 Å². The summed E-state index contributed by atoms with van der Waals surface area (Å²) < 4.78 is 5.40. The Morgan fingerprint density at radius 1 is 1.30 bits per heavy atom. The first-order chi connectivity index (χ1) is 9.74. The highest BCUT2D eigenvalue weighted by Gasteiger charge is 2.19. The van der Waals surface area contributed by atoms with Crippen LogP contribution in [0.1, 0.15) is 6.42 Å². The zero-order valence-electron chi connectivity index (χ0n) is 11.8. The Balaban J connectivity index is 1.88. The van der Waals surface area contributed by atoms with Crippen LogP contribution in [-0.4, -0.2) is 55.8 Å². The largest absolute Gasteiger partial charge is 0.495 e. The summed E-state index contributed by atoms with van der Waals surface area (Å²) in [4.78, 5) is 4.66. The van der Waals surface area contributed by atoms with Gasteiger partial charge in [0.2, 0.25) is 0 Å². The fourth-order valence-electron chi connectivity index (χ4n) is 2.43. The summed E-state index contributed by atoms with van der Waals surface area (Å²) in [6, 6.07) is 8.09. The fourth-order valence-corrected chi connectivity index (χ4v) is 2.43. The summed E-state index contributed by atoms with van der Waals surface area (Å²) in [5, 5.41) is 11.5. The van der Waals surface area contributed by atoms with Gasteiger partial charge in [-0.05, 0) is 12.1 Å². The summed E-state index contributed by atoms with van der Waals surface area (Å²) in [7, 11) is 1.70. The molecule has 2 rings (SSSR count). The van der Waals surface area contributed by atoms with Gasteiger partial charge in [0.1, 0.15) is 11.6 Å². The van der Waals surface area contributed by atoms with E-state index in [0.717, 1.165) is 44.2 Å². The molecule has 0 saturated carbocycles. The number of para-hydroxylation sites is 2. The van der Waals surface area contributed by atoms with E-state index in [-0.39, 0.29) is 5.84 Å². The number of nitrogens with two attached hydrogens (primary N) is 1. The molecule has 20 heavy (non-hydrogen) atoms. The van der Waals surface area contributed by atoms with Crippen LogP contribution in [0.4, 0.5) is 5.69 Å². The van der Waals surface area contributed by atoms with Gasteiger partial charge in [-0.3, -0.25) is 4.90 Å². The molecule has 0 atom stereocenters. The first-order valence-electron chi connectivity index (χ1n) is 6.81. The van der Waals surface area contributed by atoms with Gasteiger partial charge in [0.05, 0.1) is 12.8 Å². The molecule has 0 spiro atoms. The van der Waals surface area contributed by atoms with Gasteiger partial charge in [-0.15, -0.1) is 0 Å². The standard InChI is InChI=1S/C14H22N4O2/c1-20-13-5-3-2-4-12(13)18-10-8-17(9-11-18)7-6-14(15)16-19/h2-5,19H,6-11H2,1H3,(H2,15,16). The molecular formula is C14H22N4O2. The summed E-state index contributed by atoms with van der Waals surface area (Å²) >= 11 is 0. The van der Waals surface area contributed by atoms with Crippen molar-refractivity contribution in [2.24, 2.45) is 10.9 Å². The predicted octanol–water partition coefficient (Wildman–Crippen LogP) is 0.954. The van der Waals surface area contributed by atoms with E-state index in [0.29, 0.717) is 6.42 Å². The van der Waals surface area contributed by atoms with Crippen molar-refractivity contribution in [2.75, 3.05) is 44.7 Å². The number of ether oxygens (including phenoxy) is 1. The highest BCUT2D eigenvalue weighted by Crippen LogP contribution is 2.28. The van der Waals surface area contributed by atoms with E-state index in [1.807, 2.05) is 18.2 Å². The Kier molecular flexibility index (Phi) is 5.06. The van der Waals surface area contributed by atoms with Crippen molar-refractivity contribution in [3.8, 4) is 5.75 Å². The van der Waals surface area contributed by atoms with Crippen molar-refractivity contribution in [2.45, 2.75) is 6.42 Å². The van der Waals surface area contributed by atoms with E-state index >= 15 is 0 Å². The molecule has 6 nitrogen and oxygen atoms in total. The third-order valence-corrected chi connectivity index (χ3v) is 3.61. The highest BCUT2D eigenvalue weighted by molar-refractivity contribution is 5.79. The minimum absolute atomic E-state index is 0.289. The smallest absolute Gasteiger partial charge is 0.142 e. The summed E-state index contributed by atoms with van der Waals surface area (Å²) in [6.07, 6.45) is 0.602.